The van der Waals surface area contributed by atoms with E-state index in [1.165, 1.54) is 0 Å². The zero-order valence-electron chi connectivity index (χ0n) is 13.4. The Kier molecular flexibility index (Phi) is 4.20. The van der Waals surface area contributed by atoms with Gasteiger partial charge < -0.3 is 4.43 Å². The molecule has 2 atom stereocenters. The molecule has 106 valence electrons. The van der Waals surface area contributed by atoms with Crippen molar-refractivity contribution < 1.29 is 9.22 Å². The lowest BCUT2D eigenvalue weighted by atomic mass is 9.70. The summed E-state index contributed by atoms with van der Waals surface area (Å²) in [5, 5.41) is 0.238. The van der Waals surface area contributed by atoms with Gasteiger partial charge in [-0.3, -0.25) is 4.79 Å². The molecule has 0 heterocycles. The first-order valence-corrected chi connectivity index (χ1v) is 10.00. The molecule has 0 radical (unpaired) electrons. The molecule has 0 amide bonds. The maximum Gasteiger partial charge on any atom is 0.192 e. The second-order valence-corrected chi connectivity index (χ2v) is 12.8. The molecule has 1 rings (SSSR count). The summed E-state index contributed by atoms with van der Waals surface area (Å²) in [6.45, 7) is 17.6. The van der Waals surface area contributed by atoms with Crippen LogP contribution in [0.15, 0.2) is 0 Å². The molecule has 1 saturated carbocycles. The Hall–Kier alpha value is -0.153. The van der Waals surface area contributed by atoms with Crippen LogP contribution in [0.4, 0.5) is 0 Å². The van der Waals surface area contributed by atoms with E-state index >= 15 is 0 Å². The third-order valence-corrected chi connectivity index (χ3v) is 9.27. The Morgan fingerprint density at radius 2 is 1.78 bits per heavy atom. The first-order valence-electron chi connectivity index (χ1n) is 7.09. The van der Waals surface area contributed by atoms with Crippen molar-refractivity contribution in [2.45, 2.75) is 78.6 Å². The summed E-state index contributed by atoms with van der Waals surface area (Å²) in [6.07, 6.45) is 2.03. The third kappa shape index (κ3) is 3.24. The monoisotopic (exact) mass is 270 g/mol. The highest BCUT2D eigenvalue weighted by atomic mass is 28.4. The Bertz CT molecular complexity index is 326. The van der Waals surface area contributed by atoms with Gasteiger partial charge in [-0.05, 0) is 31.0 Å². The zero-order valence-corrected chi connectivity index (χ0v) is 14.4. The van der Waals surface area contributed by atoms with Gasteiger partial charge in [0.25, 0.3) is 0 Å². The second-order valence-electron chi connectivity index (χ2n) is 8.09. The summed E-state index contributed by atoms with van der Waals surface area (Å²) in [4.78, 5) is 12.1. The van der Waals surface area contributed by atoms with Crippen molar-refractivity contribution in [3.05, 3.63) is 0 Å². The Labute approximate surface area is 114 Å². The molecule has 1 fully saturated rings. The van der Waals surface area contributed by atoms with Gasteiger partial charge in [0.15, 0.2) is 8.32 Å². The highest BCUT2D eigenvalue weighted by Crippen LogP contribution is 2.42. The predicted molar refractivity (Wildman–Crippen MR) is 79.3 cm³/mol. The van der Waals surface area contributed by atoms with Crippen molar-refractivity contribution in [3.8, 4) is 0 Å². The van der Waals surface area contributed by atoms with Crippen LogP contribution < -0.4 is 0 Å². The SMILES string of the molecule is C[C@@H]1C[C@@H](O[Si](C)(C)C(C)(C)C)CC(C)(C)C1=O. The standard InChI is InChI=1S/C15H30O2Si/c1-11-9-12(10-15(5,6)13(11)16)17-18(7,8)14(2,3)4/h11-12H,9-10H2,1-8H3/t11-,12-/m1/s1. The topological polar surface area (TPSA) is 26.3 Å². The highest BCUT2D eigenvalue weighted by Gasteiger charge is 2.45. The van der Waals surface area contributed by atoms with Gasteiger partial charge in [0, 0.05) is 17.4 Å². The van der Waals surface area contributed by atoms with Crippen LogP contribution in [0, 0.1) is 11.3 Å². The fraction of sp³-hybridized carbons (Fsp3) is 0.933. The molecule has 0 aromatic heterocycles. The number of carbonyl (C=O) groups is 1. The number of hydrogen-bond donors (Lipinski definition) is 0. The molecular weight excluding hydrogens is 240 g/mol. The summed E-state index contributed by atoms with van der Waals surface area (Å²) < 4.78 is 6.48. The van der Waals surface area contributed by atoms with Crippen molar-refractivity contribution in [1.82, 2.24) is 0 Å². The molecule has 0 aromatic carbocycles. The highest BCUT2D eigenvalue weighted by molar-refractivity contribution is 6.74. The molecular formula is C15H30O2Si. The normalized spacial score (nSPS) is 29.4. The summed E-state index contributed by atoms with van der Waals surface area (Å²) >= 11 is 0. The minimum Gasteiger partial charge on any atom is -0.414 e. The van der Waals surface area contributed by atoms with Crippen LogP contribution in [0.3, 0.4) is 0 Å². The van der Waals surface area contributed by atoms with Crippen LogP contribution in [0.25, 0.3) is 0 Å². The first kappa shape index (κ1) is 15.9. The molecule has 0 unspecified atom stereocenters. The maximum absolute atomic E-state index is 12.1. The lowest BCUT2D eigenvalue weighted by Crippen LogP contribution is -2.49. The average molecular weight is 270 g/mol. The van der Waals surface area contributed by atoms with Crippen molar-refractivity contribution in [2.24, 2.45) is 11.3 Å². The molecule has 1 aliphatic carbocycles. The summed E-state index contributed by atoms with van der Waals surface area (Å²) in [7, 11) is -1.72. The van der Waals surface area contributed by atoms with E-state index < -0.39 is 8.32 Å². The van der Waals surface area contributed by atoms with Crippen LogP contribution in [-0.4, -0.2) is 20.2 Å². The van der Waals surface area contributed by atoms with E-state index in [-0.39, 0.29) is 22.5 Å². The minimum absolute atomic E-state index is 0.142. The van der Waals surface area contributed by atoms with Crippen LogP contribution in [0.2, 0.25) is 18.1 Å². The van der Waals surface area contributed by atoms with E-state index in [4.69, 9.17) is 4.43 Å². The summed E-state index contributed by atoms with van der Waals surface area (Å²) in [6, 6.07) is 0. The van der Waals surface area contributed by atoms with Gasteiger partial charge in [0.2, 0.25) is 0 Å². The van der Waals surface area contributed by atoms with Crippen LogP contribution in [0.1, 0.15) is 54.4 Å². The van der Waals surface area contributed by atoms with E-state index in [2.05, 4.69) is 47.7 Å². The zero-order chi connectivity index (χ0) is 14.4. The van der Waals surface area contributed by atoms with Gasteiger partial charge >= 0.3 is 0 Å². The van der Waals surface area contributed by atoms with Gasteiger partial charge in [-0.15, -0.1) is 0 Å². The minimum atomic E-state index is -1.72. The Morgan fingerprint density at radius 1 is 1.28 bits per heavy atom. The van der Waals surface area contributed by atoms with Crippen LogP contribution >= 0.6 is 0 Å². The van der Waals surface area contributed by atoms with Gasteiger partial charge in [0.1, 0.15) is 5.78 Å². The molecule has 0 saturated heterocycles. The molecule has 0 aliphatic heterocycles. The van der Waals surface area contributed by atoms with E-state index in [9.17, 15) is 4.79 Å². The predicted octanol–water partition coefficient (Wildman–Crippen LogP) is 4.40. The molecule has 1 aliphatic rings. The quantitative estimate of drug-likeness (QED) is 0.695. The molecule has 18 heavy (non-hydrogen) atoms. The average Bonchev–Trinajstić information content (AvgIpc) is 2.10. The molecule has 0 spiro atoms. The fourth-order valence-corrected chi connectivity index (χ4v) is 3.97. The number of ketones is 1. The summed E-state index contributed by atoms with van der Waals surface area (Å²) in [5.74, 6) is 0.543. The lowest BCUT2D eigenvalue weighted by molar-refractivity contribution is -0.137. The van der Waals surface area contributed by atoms with Crippen molar-refractivity contribution in [2.75, 3.05) is 0 Å². The number of Topliss-reactive ketones (excluding diaryl/α,β-unsaturated/α-hetero) is 1. The van der Waals surface area contributed by atoms with Gasteiger partial charge in [-0.25, -0.2) is 0 Å². The van der Waals surface area contributed by atoms with Crippen molar-refractivity contribution in [1.29, 1.82) is 0 Å². The van der Waals surface area contributed by atoms with E-state index in [0.717, 1.165) is 12.8 Å². The van der Waals surface area contributed by atoms with Gasteiger partial charge in [-0.1, -0.05) is 41.5 Å². The van der Waals surface area contributed by atoms with E-state index in [0.29, 0.717) is 5.78 Å². The largest absolute Gasteiger partial charge is 0.414 e. The van der Waals surface area contributed by atoms with E-state index in [1.807, 2.05) is 6.92 Å². The molecule has 3 heteroatoms. The molecule has 2 nitrogen and oxygen atoms in total. The van der Waals surface area contributed by atoms with Crippen molar-refractivity contribution >= 4 is 14.1 Å². The smallest absolute Gasteiger partial charge is 0.192 e. The van der Waals surface area contributed by atoms with Crippen LogP contribution in [0.5, 0.6) is 0 Å². The third-order valence-electron chi connectivity index (χ3n) is 4.74. The van der Waals surface area contributed by atoms with E-state index in [1.54, 1.807) is 0 Å². The lowest BCUT2D eigenvalue weighted by Gasteiger charge is -2.44. The maximum atomic E-state index is 12.1. The number of rotatable bonds is 2. The Balaban J connectivity index is 2.79. The number of hydrogen-bond acceptors (Lipinski definition) is 2. The number of carbonyl (C=O) groups excluding carboxylic acids is 1. The van der Waals surface area contributed by atoms with Crippen LogP contribution in [-0.2, 0) is 9.22 Å². The van der Waals surface area contributed by atoms with Crippen molar-refractivity contribution in [3.63, 3.8) is 0 Å². The fourth-order valence-electron chi connectivity index (χ4n) is 2.60. The Morgan fingerprint density at radius 3 is 2.17 bits per heavy atom. The molecule has 0 bridgehead atoms. The molecule has 0 aromatic rings. The second kappa shape index (κ2) is 4.75. The van der Waals surface area contributed by atoms with Gasteiger partial charge in [-0.2, -0.15) is 0 Å². The van der Waals surface area contributed by atoms with Gasteiger partial charge in [0.05, 0.1) is 0 Å². The molecule has 0 N–H and O–H groups in total. The summed E-state index contributed by atoms with van der Waals surface area (Å²) in [5.41, 5.74) is -0.218. The first-order chi connectivity index (χ1) is 7.87.